The van der Waals surface area contributed by atoms with Crippen LogP contribution in [0.25, 0.3) is 0 Å². The first-order chi connectivity index (χ1) is 22.7. The summed E-state index contributed by atoms with van der Waals surface area (Å²) in [5, 5.41) is 17.2. The Morgan fingerprint density at radius 2 is 1.75 bits per heavy atom. The fourth-order valence-corrected chi connectivity index (χ4v) is 5.89. The van der Waals surface area contributed by atoms with Gasteiger partial charge in [0.25, 0.3) is 5.91 Å². The van der Waals surface area contributed by atoms with E-state index >= 15 is 0 Å². The van der Waals surface area contributed by atoms with Gasteiger partial charge in [0.05, 0.1) is 24.0 Å². The minimum atomic E-state index is -0.904. The molecule has 3 amide bonds. The monoisotopic (exact) mass is 674 g/mol. The van der Waals surface area contributed by atoms with Crippen LogP contribution in [0.5, 0.6) is 11.5 Å². The molecule has 7 atom stereocenters. The molecule has 48 heavy (non-hydrogen) atoms. The molecule has 1 aromatic carbocycles. The third-order valence-corrected chi connectivity index (χ3v) is 8.53. The lowest BCUT2D eigenvalue weighted by atomic mass is 9.86. The minimum absolute atomic E-state index is 0.0388. The van der Waals surface area contributed by atoms with Crippen LogP contribution in [0.3, 0.4) is 0 Å². The van der Waals surface area contributed by atoms with E-state index < -0.39 is 42.5 Å². The Kier molecular flexibility index (Phi) is 16.1. The van der Waals surface area contributed by atoms with Crippen LogP contribution < -0.4 is 21.1 Å². The maximum atomic E-state index is 13.3. The van der Waals surface area contributed by atoms with E-state index in [9.17, 15) is 19.5 Å². The minimum Gasteiger partial charge on any atom is -0.505 e. The van der Waals surface area contributed by atoms with Crippen molar-refractivity contribution in [2.45, 2.75) is 65.5 Å². The van der Waals surface area contributed by atoms with E-state index in [0.717, 1.165) is 5.57 Å². The fourth-order valence-electron chi connectivity index (χ4n) is 5.89. The third-order valence-electron chi connectivity index (χ3n) is 8.53. The van der Waals surface area contributed by atoms with Crippen molar-refractivity contribution in [3.63, 3.8) is 0 Å². The zero-order chi connectivity index (χ0) is 36.1. The number of fused-ring (bicyclic) bond motifs is 2. The first-order valence-corrected chi connectivity index (χ1v) is 16.0. The molecule has 0 fully saturated rings. The zero-order valence-corrected chi connectivity index (χ0v) is 29.9. The standard InChI is InChI=1S/C35H54N4O9/c1-20-12-11-13-21(2)33(41)38-27-19-25(47-35(43)39(7)15-14-37-6)18-26(29(27)40)31(45-9)24(5)17-28(44-8)32(46-10)23(4)16-22(3)30(20)48-34(36)42/h11-13,16,18-20,23-24,28,30-32,37,40H,14-15,17H2,1-10H3,(H2,36,42)(H,38,41)/b12-11-,21-13+,22-16+/t20-,23-,24-,28-,30+,31+,32+/m0/s1. The Morgan fingerprint density at radius 1 is 1.06 bits per heavy atom. The summed E-state index contributed by atoms with van der Waals surface area (Å²) in [6.45, 7) is 10.2. The van der Waals surface area contributed by atoms with Crippen molar-refractivity contribution in [1.29, 1.82) is 0 Å². The quantitative estimate of drug-likeness (QED) is 0.219. The SMILES string of the molecule is CNCCN(C)C(=O)Oc1cc2c(O)c(c1)[C@H](OC)[C@@H](C)C[C@H](OC)[C@H](OC)[C@@H](C)/C=C(\C)[C@H](OC(N)=O)[C@@H](C)/C=C\C=C(/C)C(=O)N2. The van der Waals surface area contributed by atoms with Gasteiger partial charge in [0.2, 0.25) is 0 Å². The number of carbonyl (C=O) groups is 3. The summed E-state index contributed by atoms with van der Waals surface area (Å²) in [7, 11) is 8.11. The van der Waals surface area contributed by atoms with Crippen LogP contribution in [0, 0.1) is 17.8 Å². The first kappa shape index (κ1) is 40.3. The second-order valence-electron chi connectivity index (χ2n) is 12.3. The number of allylic oxidation sites excluding steroid dienone is 2. The second-order valence-corrected chi connectivity index (χ2v) is 12.3. The van der Waals surface area contributed by atoms with Gasteiger partial charge in [0.1, 0.15) is 17.6 Å². The molecule has 0 radical (unpaired) electrons. The van der Waals surface area contributed by atoms with Crippen molar-refractivity contribution < 1.29 is 43.2 Å². The van der Waals surface area contributed by atoms with Gasteiger partial charge in [-0.15, -0.1) is 0 Å². The molecule has 2 rings (SSSR count). The van der Waals surface area contributed by atoms with Gasteiger partial charge in [-0.1, -0.05) is 45.1 Å². The number of phenols is 1. The predicted molar refractivity (Wildman–Crippen MR) is 184 cm³/mol. The van der Waals surface area contributed by atoms with Crippen LogP contribution >= 0.6 is 0 Å². The van der Waals surface area contributed by atoms with E-state index in [-0.39, 0.29) is 34.9 Å². The highest BCUT2D eigenvalue weighted by molar-refractivity contribution is 6.04. The molecular formula is C35H54N4O9. The molecule has 2 bridgehead atoms. The average molecular weight is 675 g/mol. The van der Waals surface area contributed by atoms with Crippen LogP contribution in [-0.4, -0.2) is 94.9 Å². The molecule has 0 unspecified atom stereocenters. The van der Waals surface area contributed by atoms with E-state index in [4.69, 9.17) is 29.4 Å². The molecule has 0 aliphatic carbocycles. The normalized spacial score (nSPS) is 28.6. The van der Waals surface area contributed by atoms with Crippen LogP contribution in [0.15, 0.2) is 47.6 Å². The summed E-state index contributed by atoms with van der Waals surface area (Å²) in [6, 6.07) is 2.93. The van der Waals surface area contributed by atoms with Gasteiger partial charge in [-0.25, -0.2) is 9.59 Å². The molecule has 0 saturated carbocycles. The van der Waals surface area contributed by atoms with E-state index in [1.165, 1.54) is 24.1 Å². The number of aromatic hydroxyl groups is 1. The molecule has 1 heterocycles. The van der Waals surface area contributed by atoms with E-state index in [1.807, 2.05) is 33.8 Å². The number of benzene rings is 1. The molecular weight excluding hydrogens is 620 g/mol. The summed E-state index contributed by atoms with van der Waals surface area (Å²) in [5.74, 6) is -1.37. The number of rotatable bonds is 8. The lowest BCUT2D eigenvalue weighted by molar-refractivity contribution is -0.112. The number of amides is 3. The van der Waals surface area contributed by atoms with Crippen LogP contribution in [-0.2, 0) is 23.7 Å². The third kappa shape index (κ3) is 11.1. The molecule has 0 saturated heterocycles. The Hall–Kier alpha value is -3.91. The summed E-state index contributed by atoms with van der Waals surface area (Å²) in [4.78, 5) is 39.5. The maximum absolute atomic E-state index is 13.3. The molecule has 5 N–H and O–H groups in total. The largest absolute Gasteiger partial charge is 0.505 e. The summed E-state index contributed by atoms with van der Waals surface area (Å²) in [6.07, 6.45) is 3.77. The lowest BCUT2D eigenvalue weighted by Crippen LogP contribution is -2.37. The molecule has 13 nitrogen and oxygen atoms in total. The zero-order valence-electron chi connectivity index (χ0n) is 29.9. The number of nitrogens with one attached hydrogen (secondary N) is 2. The number of ether oxygens (including phenoxy) is 5. The van der Waals surface area contributed by atoms with E-state index in [0.29, 0.717) is 30.6 Å². The smallest absolute Gasteiger partial charge is 0.415 e. The molecule has 1 aliphatic heterocycles. The molecule has 13 heteroatoms. The Balaban J connectivity index is 2.73. The topological polar surface area (TPSA) is 171 Å². The summed E-state index contributed by atoms with van der Waals surface area (Å²) in [5.41, 5.74) is 6.88. The Bertz CT molecular complexity index is 1350. The average Bonchev–Trinajstić information content (AvgIpc) is 3.03. The highest BCUT2D eigenvalue weighted by Crippen LogP contribution is 2.42. The van der Waals surface area contributed by atoms with Crippen molar-refractivity contribution in [2.24, 2.45) is 23.5 Å². The van der Waals surface area contributed by atoms with Crippen molar-refractivity contribution in [3.05, 3.63) is 53.1 Å². The van der Waals surface area contributed by atoms with E-state index in [1.54, 1.807) is 53.5 Å². The molecule has 1 aromatic rings. The summed E-state index contributed by atoms with van der Waals surface area (Å²) >= 11 is 0. The molecule has 1 aliphatic rings. The van der Waals surface area contributed by atoms with Gasteiger partial charge in [-0.2, -0.15) is 0 Å². The fraction of sp³-hybridized carbons (Fsp3) is 0.571. The number of carbonyl (C=O) groups excluding carboxylic acids is 3. The number of nitrogens with two attached hydrogens (primary N) is 1. The molecule has 268 valence electrons. The number of phenolic OH excluding ortho intramolecular Hbond substituents is 1. The molecule has 0 aromatic heterocycles. The number of anilines is 1. The van der Waals surface area contributed by atoms with Crippen LogP contribution in [0.1, 0.15) is 52.7 Å². The van der Waals surface area contributed by atoms with Crippen LogP contribution in [0.2, 0.25) is 0 Å². The van der Waals surface area contributed by atoms with Gasteiger partial charge in [0.15, 0.2) is 0 Å². The predicted octanol–water partition coefficient (Wildman–Crippen LogP) is 4.92. The van der Waals surface area contributed by atoms with Gasteiger partial charge in [-0.05, 0) is 44.9 Å². The van der Waals surface area contributed by atoms with Gasteiger partial charge >= 0.3 is 12.2 Å². The number of hydrogen-bond donors (Lipinski definition) is 4. The number of hydrogen-bond acceptors (Lipinski definition) is 10. The molecule has 0 spiro atoms. The number of primary amides is 1. The van der Waals surface area contributed by atoms with E-state index in [2.05, 4.69) is 10.6 Å². The Morgan fingerprint density at radius 3 is 2.33 bits per heavy atom. The van der Waals surface area contributed by atoms with Gasteiger partial charge in [-0.3, -0.25) is 4.79 Å². The number of methoxy groups -OCH3 is 3. The second kappa shape index (κ2) is 19.2. The summed E-state index contributed by atoms with van der Waals surface area (Å²) < 4.78 is 29.0. The van der Waals surface area contributed by atoms with Crippen molar-refractivity contribution in [2.75, 3.05) is 53.8 Å². The Labute approximate surface area is 284 Å². The highest BCUT2D eigenvalue weighted by atomic mass is 16.6. The van der Waals surface area contributed by atoms with Crippen LogP contribution in [0.4, 0.5) is 15.3 Å². The maximum Gasteiger partial charge on any atom is 0.415 e. The van der Waals surface area contributed by atoms with Crippen molar-refractivity contribution >= 4 is 23.8 Å². The van der Waals surface area contributed by atoms with Crippen molar-refractivity contribution in [1.82, 2.24) is 10.2 Å². The first-order valence-electron chi connectivity index (χ1n) is 16.0. The van der Waals surface area contributed by atoms with Crippen molar-refractivity contribution in [3.8, 4) is 11.5 Å². The number of nitrogens with zero attached hydrogens (tertiary/aromatic N) is 1. The highest BCUT2D eigenvalue weighted by Gasteiger charge is 2.33. The lowest BCUT2D eigenvalue weighted by Gasteiger charge is -2.33. The van der Waals surface area contributed by atoms with Gasteiger partial charge in [0, 0.05) is 70.5 Å². The number of likely N-dealkylation sites (N-methyl/N-ethyl adjacent to an activating group) is 2. The van der Waals surface area contributed by atoms with Gasteiger partial charge < -0.3 is 50.1 Å².